The van der Waals surface area contributed by atoms with E-state index in [1.54, 1.807) is 51.1 Å². The summed E-state index contributed by atoms with van der Waals surface area (Å²) in [7, 11) is -16.7. The van der Waals surface area contributed by atoms with Crippen molar-refractivity contribution in [1.29, 1.82) is 5.26 Å². The molecule has 2 heterocycles. The molecule has 0 fully saturated rings. The summed E-state index contributed by atoms with van der Waals surface area (Å²) in [5, 5.41) is 57.6. The van der Waals surface area contributed by atoms with Crippen LogP contribution in [0.15, 0.2) is 122 Å². The number of ether oxygens (including phenoxy) is 3. The van der Waals surface area contributed by atoms with Crippen LogP contribution in [0.25, 0.3) is 16.7 Å². The van der Waals surface area contributed by atoms with Gasteiger partial charge in [0, 0.05) is 33.6 Å². The van der Waals surface area contributed by atoms with Crippen LogP contribution in [-0.2, 0) is 45.3 Å². The van der Waals surface area contributed by atoms with Crippen molar-refractivity contribution in [1.82, 2.24) is 9.38 Å². The molecular weight excluding hydrogens is 1270 g/mol. The summed E-state index contributed by atoms with van der Waals surface area (Å²) in [5.74, 6) is -2.20. The molecule has 0 aliphatic heterocycles. The summed E-state index contributed by atoms with van der Waals surface area (Å²) in [5.41, 5.74) is 3.03. The van der Waals surface area contributed by atoms with E-state index in [0.717, 1.165) is 10.5 Å². The number of carbonyl (C=O) groups is 1. The Kier molecular flexibility index (Phi) is 21.4. The molecule has 0 atom stereocenters. The highest BCUT2D eigenvalue weighted by Crippen LogP contribution is 2.45. The van der Waals surface area contributed by atoms with E-state index in [0.29, 0.717) is 49.2 Å². The van der Waals surface area contributed by atoms with Crippen LogP contribution in [0.1, 0.15) is 47.1 Å². The van der Waals surface area contributed by atoms with Crippen molar-refractivity contribution in [3.8, 4) is 29.2 Å². The number of aromatic hydroxyl groups is 1. The van der Waals surface area contributed by atoms with E-state index < -0.39 is 68.5 Å². The van der Waals surface area contributed by atoms with Crippen LogP contribution in [0, 0.1) is 39.0 Å². The number of imidazole rings is 1. The normalized spacial score (nSPS) is 12.6. The first-order valence-corrected chi connectivity index (χ1v) is 33.5. The molecule has 0 aliphatic rings. The van der Waals surface area contributed by atoms with Crippen LogP contribution >= 0.6 is 35.1 Å². The monoisotopic (exact) mass is 1320 g/mol. The van der Waals surface area contributed by atoms with Gasteiger partial charge in [0.25, 0.3) is 46.9 Å². The third-order valence-corrected chi connectivity index (χ3v) is 18.0. The summed E-state index contributed by atoms with van der Waals surface area (Å²) in [6.07, 6.45) is -0.0853. The molecule has 86 heavy (non-hydrogen) atoms. The minimum absolute atomic E-state index is 0.00638. The molecule has 454 valence electrons. The first kappa shape index (κ1) is 66.0. The van der Waals surface area contributed by atoms with E-state index in [9.17, 15) is 67.0 Å². The van der Waals surface area contributed by atoms with Crippen molar-refractivity contribution in [2.24, 2.45) is 40.9 Å². The Morgan fingerprint density at radius 2 is 1.15 bits per heavy atom. The number of benzene rings is 5. The van der Waals surface area contributed by atoms with Gasteiger partial charge in [-0.05, 0) is 124 Å². The average molecular weight is 1320 g/mol. The van der Waals surface area contributed by atoms with Crippen LogP contribution in [0.2, 0.25) is 5.02 Å². The maximum atomic E-state index is 12.3. The molecule has 7 aromatic rings. The zero-order valence-corrected chi connectivity index (χ0v) is 51.3. The zero-order chi connectivity index (χ0) is 62.9. The molecule has 0 bridgehead atoms. The molecule has 0 unspecified atom stereocenters. The highest BCUT2D eigenvalue weighted by Gasteiger charge is 2.26. The van der Waals surface area contributed by atoms with Crippen molar-refractivity contribution in [2.45, 2.75) is 61.6 Å². The minimum Gasteiger partial charge on any atom is -0.495 e. The number of hydrogen-bond acceptors (Lipinski definition) is 25. The topological polar surface area (TPSA) is 422 Å². The summed E-state index contributed by atoms with van der Waals surface area (Å²) in [4.78, 5) is 15.7. The number of aromatic nitrogens is 2. The highest BCUT2D eigenvalue weighted by atomic mass is 35.5. The zero-order valence-electron chi connectivity index (χ0n) is 45.7. The molecule has 7 rings (SSSR count). The summed E-state index contributed by atoms with van der Waals surface area (Å²) < 4.78 is 149. The third kappa shape index (κ3) is 17.3. The Balaban J connectivity index is 1.27. The van der Waals surface area contributed by atoms with E-state index >= 15 is 0 Å². The van der Waals surface area contributed by atoms with Gasteiger partial charge in [-0.1, -0.05) is 11.6 Å². The molecule has 2 aromatic heterocycles. The number of hydrogen-bond donors (Lipinski definition) is 5. The van der Waals surface area contributed by atoms with Gasteiger partial charge < -0.3 is 19.3 Å². The lowest BCUT2D eigenvalue weighted by Crippen LogP contribution is -2.08. The van der Waals surface area contributed by atoms with E-state index in [1.807, 2.05) is 6.07 Å². The highest BCUT2D eigenvalue weighted by molar-refractivity contribution is 7.99. The van der Waals surface area contributed by atoms with Crippen LogP contribution in [-0.4, -0.2) is 115 Å². The fraction of sp³-hybridized carbons (Fsp3) is 0.275. The van der Waals surface area contributed by atoms with Gasteiger partial charge in [-0.2, -0.15) is 59.4 Å². The van der Waals surface area contributed by atoms with Crippen LogP contribution in [0.4, 0.5) is 45.5 Å². The van der Waals surface area contributed by atoms with Gasteiger partial charge in [0.2, 0.25) is 5.88 Å². The number of carbonyl (C=O) groups excluding carboxylic acids is 1. The van der Waals surface area contributed by atoms with Crippen LogP contribution in [0.5, 0.6) is 23.1 Å². The fourth-order valence-corrected chi connectivity index (χ4v) is 12.5. The van der Waals surface area contributed by atoms with Gasteiger partial charge in [-0.3, -0.25) is 27.4 Å². The Morgan fingerprint density at radius 3 is 1.67 bits per heavy atom. The van der Waals surface area contributed by atoms with Gasteiger partial charge >= 0.3 is 0 Å². The van der Waals surface area contributed by atoms with Gasteiger partial charge in [0.15, 0.2) is 17.1 Å². The Bertz CT molecular complexity index is 4460. The molecule has 0 spiro atoms. The molecule has 5 aromatic carbocycles. The molecule has 0 amide bonds. The van der Waals surface area contributed by atoms with Gasteiger partial charge in [-0.25, -0.2) is 4.98 Å². The van der Waals surface area contributed by atoms with Crippen LogP contribution in [0.3, 0.4) is 0 Å². The standard InChI is InChI=1S/C51H50ClN11O17S6/c1-28-17-39(59-62-49-31(4)33(26-53)50-54-38-22-45(78-5)48(86(75,76)77)25-42(38)63(50)51(49)65)44(79-11-6-14-83(66,67)68)21-35(28)57-60-40-19-30(3)37(24-47(40)82-13-8-16-85(72,73)74)58-61-41-18-29(2)36(23-46(41)81-12-7-15-84(69,70)71)56-55-32-9-10-34(52)43(20-32)80-27-64/h9-10,17-25,27,65H,6-8,11-16H2,1-5H3,(H,66,67,68)(H,69,70,71)(H,72,73,74)(H,75,76,77). The first-order valence-electron chi connectivity index (χ1n) is 24.8. The van der Waals surface area contributed by atoms with Crippen molar-refractivity contribution in [3.63, 3.8) is 0 Å². The van der Waals surface area contributed by atoms with Gasteiger partial charge in [0.1, 0.15) is 33.7 Å². The minimum atomic E-state index is -4.87. The average Bonchev–Trinajstić information content (AvgIpc) is 1.63. The lowest BCUT2D eigenvalue weighted by Gasteiger charge is -2.12. The second kappa shape index (κ2) is 27.9. The lowest BCUT2D eigenvalue weighted by molar-refractivity contribution is -0.120. The third-order valence-electron chi connectivity index (χ3n) is 12.1. The first-order chi connectivity index (χ1) is 40.5. The summed E-state index contributed by atoms with van der Waals surface area (Å²) >= 11 is 8.49. The number of fused-ring (bicyclic) bond motifs is 3. The number of halogens is 1. The number of methoxy groups -OCH3 is 1. The van der Waals surface area contributed by atoms with Gasteiger partial charge in [-0.15, -0.1) is 44.0 Å². The largest absolute Gasteiger partial charge is 0.495 e. The maximum absolute atomic E-state index is 12.3. The number of thioether (sulfide) groups is 2. The molecule has 35 heteroatoms. The SMILES string of the molecule is COc1cc2nc3c(C#N)c(C)c(N=Nc4cc(C)c(N=Nc5cc(C)c(N=Nc6cc(C)c(N=Nc7ccc(Cl)c(OC=O)c7)cc6SCCCS(=O)(=O)O)cc5SCCCS(=O)(=O)O)cc4OCCCS(=O)(=O)O)c(O)n3c2cc1S(=O)(=O)O. The predicted octanol–water partition coefficient (Wildman–Crippen LogP) is 12.8. The number of nitrogens with zero attached hydrogens (tertiary/aromatic N) is 11. The number of pyridine rings is 1. The molecular formula is C51H50ClN11O17S6. The molecule has 0 saturated carbocycles. The quantitative estimate of drug-likeness (QED) is 0.0105. The number of nitriles is 1. The van der Waals surface area contributed by atoms with Crippen molar-refractivity contribution in [3.05, 3.63) is 99.6 Å². The van der Waals surface area contributed by atoms with Crippen molar-refractivity contribution >= 4 is 144 Å². The number of azo groups is 4. The summed E-state index contributed by atoms with van der Waals surface area (Å²) in [6, 6.07) is 18.2. The second-order valence-electron chi connectivity index (χ2n) is 18.4. The Labute approximate surface area is 505 Å². The number of rotatable bonds is 27. The maximum Gasteiger partial charge on any atom is 0.298 e. The lowest BCUT2D eigenvalue weighted by atomic mass is 10.1. The van der Waals surface area contributed by atoms with Crippen molar-refractivity contribution in [2.75, 3.05) is 42.5 Å². The Hall–Kier alpha value is -7.56. The van der Waals surface area contributed by atoms with Crippen molar-refractivity contribution < 1.29 is 76.0 Å². The van der Waals surface area contributed by atoms with E-state index in [1.165, 1.54) is 67.9 Å². The molecule has 0 radical (unpaired) electrons. The van der Waals surface area contributed by atoms with E-state index in [-0.39, 0.29) is 117 Å². The smallest absolute Gasteiger partial charge is 0.298 e. The fourth-order valence-electron chi connectivity index (χ4n) is 7.93. The Morgan fingerprint density at radius 1 is 0.640 bits per heavy atom. The van der Waals surface area contributed by atoms with Gasteiger partial charge in [0.05, 0.1) is 81.2 Å². The number of aryl methyl sites for hydroxylation is 3. The molecule has 0 aliphatic carbocycles. The second-order valence-corrected chi connectivity index (χ2v) is 27.2. The summed E-state index contributed by atoms with van der Waals surface area (Å²) in [6.45, 7) is 6.48. The van der Waals surface area contributed by atoms with Crippen LogP contribution < -0.4 is 14.2 Å². The van der Waals surface area contributed by atoms with E-state index in [4.69, 9.17) is 25.8 Å². The van der Waals surface area contributed by atoms with E-state index in [2.05, 4.69) is 45.9 Å². The molecule has 0 saturated heterocycles. The molecule has 28 nitrogen and oxygen atoms in total. The molecule has 5 N–H and O–H groups in total. The predicted molar refractivity (Wildman–Crippen MR) is 319 cm³/mol.